The van der Waals surface area contributed by atoms with Crippen molar-refractivity contribution in [2.75, 3.05) is 5.32 Å². The summed E-state index contributed by atoms with van der Waals surface area (Å²) in [6, 6.07) is 6.36. The van der Waals surface area contributed by atoms with E-state index in [9.17, 15) is 0 Å². The Bertz CT molecular complexity index is 747. The van der Waals surface area contributed by atoms with Crippen LogP contribution in [-0.2, 0) is 13.6 Å². The number of hydrogen-bond acceptors (Lipinski definition) is 3. The molecule has 3 rings (SSSR count). The number of aromatic nitrogens is 4. The SMILES string of the molecule is Cc1n[nH]c(C)c1CNc1ccc2c(C)nn(C)c2c1. The smallest absolute Gasteiger partial charge is 0.0702 e. The van der Waals surface area contributed by atoms with Crippen LogP contribution in [0.5, 0.6) is 0 Å². The van der Waals surface area contributed by atoms with Crippen LogP contribution in [0.15, 0.2) is 18.2 Å². The first-order valence-corrected chi connectivity index (χ1v) is 6.74. The van der Waals surface area contributed by atoms with E-state index < -0.39 is 0 Å². The van der Waals surface area contributed by atoms with Gasteiger partial charge in [0.2, 0.25) is 0 Å². The summed E-state index contributed by atoms with van der Waals surface area (Å²) in [5, 5.41) is 16.3. The number of aromatic amines is 1. The Kier molecular flexibility index (Phi) is 2.97. The van der Waals surface area contributed by atoms with Gasteiger partial charge in [0.1, 0.15) is 0 Å². The summed E-state index contributed by atoms with van der Waals surface area (Å²) in [7, 11) is 1.98. The van der Waals surface area contributed by atoms with Gasteiger partial charge < -0.3 is 5.32 Å². The van der Waals surface area contributed by atoms with Crippen LogP contribution in [-0.4, -0.2) is 20.0 Å². The van der Waals surface area contributed by atoms with Crippen molar-refractivity contribution in [1.29, 1.82) is 0 Å². The molecule has 0 aliphatic rings. The lowest BCUT2D eigenvalue weighted by atomic mass is 10.1. The fourth-order valence-electron chi connectivity index (χ4n) is 2.57. The summed E-state index contributed by atoms with van der Waals surface area (Å²) in [6.45, 7) is 6.88. The first kappa shape index (κ1) is 12.7. The quantitative estimate of drug-likeness (QED) is 0.768. The Hall–Kier alpha value is -2.30. The Morgan fingerprint density at radius 1 is 1.20 bits per heavy atom. The summed E-state index contributed by atoms with van der Waals surface area (Å²) < 4.78 is 1.92. The van der Waals surface area contributed by atoms with Crippen LogP contribution in [0, 0.1) is 20.8 Å². The Morgan fingerprint density at radius 2 is 2.00 bits per heavy atom. The van der Waals surface area contributed by atoms with Crippen molar-refractivity contribution in [1.82, 2.24) is 20.0 Å². The van der Waals surface area contributed by atoms with Crippen molar-refractivity contribution in [2.45, 2.75) is 27.3 Å². The van der Waals surface area contributed by atoms with Crippen LogP contribution in [0.3, 0.4) is 0 Å². The van der Waals surface area contributed by atoms with Crippen molar-refractivity contribution in [2.24, 2.45) is 7.05 Å². The number of fused-ring (bicyclic) bond motifs is 1. The van der Waals surface area contributed by atoms with E-state index in [4.69, 9.17) is 0 Å². The molecule has 2 N–H and O–H groups in total. The zero-order valence-corrected chi connectivity index (χ0v) is 12.3. The molecule has 20 heavy (non-hydrogen) atoms. The standard InChI is InChI=1S/C15H19N5/c1-9-14(10(2)18-17-9)8-16-12-5-6-13-11(3)19-20(4)15(13)7-12/h5-7,16H,8H2,1-4H3,(H,17,18). The van der Waals surface area contributed by atoms with E-state index in [0.29, 0.717) is 0 Å². The molecule has 5 nitrogen and oxygen atoms in total. The maximum Gasteiger partial charge on any atom is 0.0702 e. The van der Waals surface area contributed by atoms with Gasteiger partial charge in [-0.2, -0.15) is 10.2 Å². The third kappa shape index (κ3) is 2.05. The third-order valence-electron chi connectivity index (χ3n) is 3.79. The third-order valence-corrected chi connectivity index (χ3v) is 3.79. The van der Waals surface area contributed by atoms with E-state index >= 15 is 0 Å². The molecule has 0 saturated heterocycles. The van der Waals surface area contributed by atoms with Crippen molar-refractivity contribution >= 4 is 16.6 Å². The first-order valence-electron chi connectivity index (χ1n) is 6.74. The van der Waals surface area contributed by atoms with Crippen LogP contribution in [0.2, 0.25) is 0 Å². The Morgan fingerprint density at radius 3 is 2.70 bits per heavy atom. The molecule has 0 saturated carbocycles. The van der Waals surface area contributed by atoms with E-state index in [1.165, 1.54) is 10.9 Å². The Labute approximate surface area is 118 Å². The molecule has 0 aliphatic carbocycles. The zero-order chi connectivity index (χ0) is 14.3. The molecule has 0 spiro atoms. The first-order chi connectivity index (χ1) is 9.56. The second-order valence-electron chi connectivity index (χ2n) is 5.21. The van der Waals surface area contributed by atoms with E-state index in [1.54, 1.807) is 0 Å². The average molecular weight is 269 g/mol. The molecule has 1 aromatic carbocycles. The molecule has 0 amide bonds. The molecule has 0 radical (unpaired) electrons. The molecule has 2 aromatic heterocycles. The fraction of sp³-hybridized carbons (Fsp3) is 0.333. The molecule has 0 aliphatic heterocycles. The highest BCUT2D eigenvalue weighted by Gasteiger charge is 2.08. The molecule has 2 heterocycles. The van der Waals surface area contributed by atoms with Crippen LogP contribution >= 0.6 is 0 Å². The second kappa shape index (κ2) is 4.67. The monoisotopic (exact) mass is 269 g/mol. The van der Waals surface area contributed by atoms with Crippen molar-refractivity contribution in [3.05, 3.63) is 40.8 Å². The molecule has 0 unspecified atom stereocenters. The summed E-state index contributed by atoms with van der Waals surface area (Å²) in [4.78, 5) is 0. The number of benzene rings is 1. The number of aryl methyl sites for hydroxylation is 4. The van der Waals surface area contributed by atoms with E-state index in [-0.39, 0.29) is 0 Å². The molecular formula is C15H19N5. The van der Waals surface area contributed by atoms with Crippen LogP contribution in [0.25, 0.3) is 10.9 Å². The van der Waals surface area contributed by atoms with Crippen molar-refractivity contribution in [3.63, 3.8) is 0 Å². The van der Waals surface area contributed by atoms with Gasteiger partial charge in [0.05, 0.1) is 16.9 Å². The number of H-pyrrole nitrogens is 1. The number of nitrogens with one attached hydrogen (secondary N) is 2. The zero-order valence-electron chi connectivity index (χ0n) is 12.3. The van der Waals surface area contributed by atoms with Gasteiger partial charge in [-0.25, -0.2) is 0 Å². The number of rotatable bonds is 3. The minimum absolute atomic E-state index is 0.774. The predicted molar refractivity (Wildman–Crippen MR) is 80.8 cm³/mol. The normalized spacial score (nSPS) is 11.2. The van der Waals surface area contributed by atoms with Gasteiger partial charge in [0.25, 0.3) is 0 Å². The topological polar surface area (TPSA) is 58.5 Å². The summed E-state index contributed by atoms with van der Waals surface area (Å²) in [5.74, 6) is 0. The summed E-state index contributed by atoms with van der Waals surface area (Å²) in [5.41, 5.74) is 6.70. The molecule has 0 atom stereocenters. The highest BCUT2D eigenvalue weighted by molar-refractivity contribution is 5.85. The molecule has 5 heteroatoms. The maximum atomic E-state index is 4.44. The maximum absolute atomic E-state index is 4.44. The number of anilines is 1. The summed E-state index contributed by atoms with van der Waals surface area (Å²) >= 11 is 0. The molecule has 3 aromatic rings. The van der Waals surface area contributed by atoms with Gasteiger partial charge in [0, 0.05) is 35.9 Å². The van der Waals surface area contributed by atoms with Crippen molar-refractivity contribution < 1.29 is 0 Å². The molecule has 0 bridgehead atoms. The van der Waals surface area contributed by atoms with Gasteiger partial charge in [-0.1, -0.05) is 0 Å². The number of nitrogens with zero attached hydrogens (tertiary/aromatic N) is 3. The van der Waals surface area contributed by atoms with E-state index in [1.807, 2.05) is 32.5 Å². The van der Waals surface area contributed by atoms with Gasteiger partial charge in [-0.3, -0.25) is 9.78 Å². The minimum atomic E-state index is 0.774. The largest absolute Gasteiger partial charge is 0.381 e. The lowest BCUT2D eigenvalue weighted by molar-refractivity contribution is 0.783. The highest BCUT2D eigenvalue weighted by Crippen LogP contribution is 2.22. The molecule has 0 fully saturated rings. The predicted octanol–water partition coefficient (Wildman–Crippen LogP) is 2.83. The minimum Gasteiger partial charge on any atom is -0.381 e. The summed E-state index contributed by atoms with van der Waals surface area (Å²) in [6.07, 6.45) is 0. The van der Waals surface area contributed by atoms with Crippen LogP contribution in [0.4, 0.5) is 5.69 Å². The lowest BCUT2D eigenvalue weighted by Gasteiger charge is -2.07. The van der Waals surface area contributed by atoms with Crippen LogP contribution in [0.1, 0.15) is 22.6 Å². The average Bonchev–Trinajstić information content (AvgIpc) is 2.89. The lowest BCUT2D eigenvalue weighted by Crippen LogP contribution is -2.01. The fourth-order valence-corrected chi connectivity index (χ4v) is 2.57. The van der Waals surface area contributed by atoms with Gasteiger partial charge in [-0.05, 0) is 39.0 Å². The second-order valence-corrected chi connectivity index (χ2v) is 5.21. The van der Waals surface area contributed by atoms with Crippen LogP contribution < -0.4 is 5.32 Å². The van der Waals surface area contributed by atoms with Gasteiger partial charge in [0.15, 0.2) is 0 Å². The van der Waals surface area contributed by atoms with Gasteiger partial charge >= 0.3 is 0 Å². The van der Waals surface area contributed by atoms with Crippen molar-refractivity contribution in [3.8, 4) is 0 Å². The van der Waals surface area contributed by atoms with Gasteiger partial charge in [-0.15, -0.1) is 0 Å². The number of hydrogen-bond donors (Lipinski definition) is 2. The molecule has 104 valence electrons. The van der Waals surface area contributed by atoms with E-state index in [2.05, 4.69) is 38.8 Å². The highest BCUT2D eigenvalue weighted by atomic mass is 15.3. The Balaban J connectivity index is 1.86. The molecular weight excluding hydrogens is 250 g/mol. The van der Waals surface area contributed by atoms with E-state index in [0.717, 1.165) is 34.8 Å².